The quantitative estimate of drug-likeness (QED) is 0.765. The van der Waals surface area contributed by atoms with Gasteiger partial charge in [-0.2, -0.15) is 0 Å². The molecule has 0 amide bonds. The van der Waals surface area contributed by atoms with Crippen LogP contribution in [0.5, 0.6) is 0 Å². The summed E-state index contributed by atoms with van der Waals surface area (Å²) in [5, 5.41) is 5.55. The fourth-order valence-electron chi connectivity index (χ4n) is 2.24. The predicted molar refractivity (Wildman–Crippen MR) is 58.5 cm³/mol. The van der Waals surface area contributed by atoms with Crippen LogP contribution in [0.15, 0.2) is 11.4 Å². The summed E-state index contributed by atoms with van der Waals surface area (Å²) in [6.07, 6.45) is 2.65. The zero-order valence-corrected chi connectivity index (χ0v) is 9.16. The van der Waals surface area contributed by atoms with Crippen molar-refractivity contribution >= 4 is 11.3 Å². The lowest BCUT2D eigenvalue weighted by Gasteiger charge is -2.28. The van der Waals surface area contributed by atoms with E-state index in [1.807, 2.05) is 11.3 Å². The molecule has 0 aromatic carbocycles. The molecule has 0 saturated carbocycles. The van der Waals surface area contributed by atoms with Crippen molar-refractivity contribution in [2.24, 2.45) is 5.92 Å². The molecule has 1 heterocycles. The van der Waals surface area contributed by atoms with Crippen molar-refractivity contribution in [1.82, 2.24) is 5.32 Å². The first-order valence-electron chi connectivity index (χ1n) is 5.03. The van der Waals surface area contributed by atoms with Gasteiger partial charge in [-0.1, -0.05) is 6.92 Å². The maximum Gasteiger partial charge on any atom is 0.0123 e. The molecule has 2 atom stereocenters. The van der Waals surface area contributed by atoms with E-state index in [9.17, 15) is 0 Å². The minimum atomic E-state index is 0.758. The summed E-state index contributed by atoms with van der Waals surface area (Å²) in [5.41, 5.74) is 1.60. The Morgan fingerprint density at radius 1 is 1.62 bits per heavy atom. The van der Waals surface area contributed by atoms with Crippen molar-refractivity contribution in [3.63, 3.8) is 0 Å². The molecule has 1 aliphatic rings. The van der Waals surface area contributed by atoms with Gasteiger partial charge in [0.2, 0.25) is 0 Å². The van der Waals surface area contributed by atoms with Gasteiger partial charge in [0.1, 0.15) is 0 Å². The second-order valence-corrected chi connectivity index (χ2v) is 4.94. The summed E-state index contributed by atoms with van der Waals surface area (Å²) >= 11 is 1.94. The SMILES string of the molecule is CNCC1c2sccc2CCC1C. The standard InChI is InChI=1S/C11H17NS/c1-8-3-4-9-5-6-13-11(9)10(8)7-12-2/h5-6,8,10,12H,3-4,7H2,1-2H3. The third-order valence-corrected chi connectivity index (χ3v) is 4.19. The van der Waals surface area contributed by atoms with Gasteiger partial charge in [-0.3, -0.25) is 0 Å². The lowest BCUT2D eigenvalue weighted by Crippen LogP contribution is -2.25. The van der Waals surface area contributed by atoms with Crippen molar-refractivity contribution in [3.8, 4) is 0 Å². The Bertz CT molecular complexity index is 279. The monoisotopic (exact) mass is 195 g/mol. The Morgan fingerprint density at radius 3 is 3.23 bits per heavy atom. The first kappa shape index (κ1) is 9.22. The van der Waals surface area contributed by atoms with Gasteiger partial charge in [-0.25, -0.2) is 0 Å². The molecule has 2 unspecified atom stereocenters. The number of aryl methyl sites for hydroxylation is 1. The summed E-state index contributed by atoms with van der Waals surface area (Å²) in [5.74, 6) is 1.60. The topological polar surface area (TPSA) is 12.0 Å². The second-order valence-electron chi connectivity index (χ2n) is 3.99. The van der Waals surface area contributed by atoms with Crippen LogP contribution in [0.4, 0.5) is 0 Å². The largest absolute Gasteiger partial charge is 0.319 e. The number of likely N-dealkylation sites (N-methyl/N-ethyl adjacent to an activating group) is 1. The Kier molecular flexibility index (Phi) is 2.70. The van der Waals surface area contributed by atoms with Crippen LogP contribution >= 0.6 is 11.3 Å². The third kappa shape index (κ3) is 1.65. The van der Waals surface area contributed by atoms with E-state index >= 15 is 0 Å². The van der Waals surface area contributed by atoms with Crippen LogP contribution in [0.25, 0.3) is 0 Å². The van der Waals surface area contributed by atoms with Gasteiger partial charge in [0, 0.05) is 17.3 Å². The van der Waals surface area contributed by atoms with Gasteiger partial charge < -0.3 is 5.32 Å². The fraction of sp³-hybridized carbons (Fsp3) is 0.636. The molecule has 0 fully saturated rings. The first-order valence-corrected chi connectivity index (χ1v) is 5.91. The molecular weight excluding hydrogens is 178 g/mol. The highest BCUT2D eigenvalue weighted by atomic mass is 32.1. The minimum Gasteiger partial charge on any atom is -0.319 e. The van der Waals surface area contributed by atoms with Crippen molar-refractivity contribution in [1.29, 1.82) is 0 Å². The first-order chi connectivity index (χ1) is 6.33. The average molecular weight is 195 g/mol. The van der Waals surface area contributed by atoms with Gasteiger partial charge >= 0.3 is 0 Å². The van der Waals surface area contributed by atoms with Gasteiger partial charge in [0.15, 0.2) is 0 Å². The summed E-state index contributed by atoms with van der Waals surface area (Å²) in [7, 11) is 2.05. The lowest BCUT2D eigenvalue weighted by molar-refractivity contribution is 0.399. The highest BCUT2D eigenvalue weighted by Crippen LogP contribution is 2.38. The van der Waals surface area contributed by atoms with Gasteiger partial charge in [0.25, 0.3) is 0 Å². The minimum absolute atomic E-state index is 0.758. The van der Waals surface area contributed by atoms with Gasteiger partial charge in [-0.05, 0) is 42.8 Å². The number of hydrogen-bond donors (Lipinski definition) is 1. The highest BCUT2D eigenvalue weighted by Gasteiger charge is 2.26. The van der Waals surface area contributed by atoms with E-state index in [0.29, 0.717) is 0 Å². The van der Waals surface area contributed by atoms with Crippen LogP contribution in [-0.2, 0) is 6.42 Å². The maximum atomic E-state index is 3.31. The van der Waals surface area contributed by atoms with Crippen LogP contribution in [0.3, 0.4) is 0 Å². The summed E-state index contributed by atoms with van der Waals surface area (Å²) in [6.45, 7) is 3.51. The molecule has 0 aliphatic heterocycles. The fourth-order valence-corrected chi connectivity index (χ4v) is 3.43. The molecular formula is C11H17NS. The van der Waals surface area contributed by atoms with Crippen LogP contribution < -0.4 is 5.32 Å². The Hall–Kier alpha value is -0.340. The lowest BCUT2D eigenvalue weighted by atomic mass is 9.81. The average Bonchev–Trinajstić information content (AvgIpc) is 2.58. The zero-order chi connectivity index (χ0) is 9.26. The normalized spacial score (nSPS) is 27.2. The molecule has 1 aromatic rings. The summed E-state index contributed by atoms with van der Waals surface area (Å²) in [6, 6.07) is 2.30. The van der Waals surface area contributed by atoms with E-state index in [-0.39, 0.29) is 0 Å². The molecule has 72 valence electrons. The van der Waals surface area contributed by atoms with Crippen LogP contribution in [0.1, 0.15) is 29.7 Å². The molecule has 1 aliphatic carbocycles. The predicted octanol–water partition coefficient (Wildman–Crippen LogP) is 2.63. The smallest absolute Gasteiger partial charge is 0.0123 e. The van der Waals surface area contributed by atoms with Crippen LogP contribution in [0, 0.1) is 5.92 Å². The van der Waals surface area contributed by atoms with Gasteiger partial charge in [0.05, 0.1) is 0 Å². The van der Waals surface area contributed by atoms with Crippen molar-refractivity contribution in [2.75, 3.05) is 13.6 Å². The van der Waals surface area contributed by atoms with Gasteiger partial charge in [-0.15, -0.1) is 11.3 Å². The number of nitrogens with one attached hydrogen (secondary N) is 1. The summed E-state index contributed by atoms with van der Waals surface area (Å²) < 4.78 is 0. The molecule has 1 N–H and O–H groups in total. The third-order valence-electron chi connectivity index (χ3n) is 3.10. The molecule has 0 saturated heterocycles. The molecule has 2 heteroatoms. The number of thiophene rings is 1. The Morgan fingerprint density at radius 2 is 2.46 bits per heavy atom. The molecule has 0 radical (unpaired) electrons. The highest BCUT2D eigenvalue weighted by molar-refractivity contribution is 7.10. The zero-order valence-electron chi connectivity index (χ0n) is 8.34. The molecule has 0 spiro atoms. The second kappa shape index (κ2) is 3.81. The van der Waals surface area contributed by atoms with Crippen molar-refractivity contribution in [3.05, 3.63) is 21.9 Å². The van der Waals surface area contributed by atoms with Crippen molar-refractivity contribution in [2.45, 2.75) is 25.7 Å². The van der Waals surface area contributed by atoms with E-state index in [4.69, 9.17) is 0 Å². The van der Waals surface area contributed by atoms with Crippen molar-refractivity contribution < 1.29 is 0 Å². The van der Waals surface area contributed by atoms with E-state index < -0.39 is 0 Å². The molecule has 0 bridgehead atoms. The molecule has 13 heavy (non-hydrogen) atoms. The summed E-state index contributed by atoms with van der Waals surface area (Å²) in [4.78, 5) is 1.63. The van der Waals surface area contributed by atoms with Crippen LogP contribution in [0.2, 0.25) is 0 Å². The molecule has 1 aromatic heterocycles. The number of rotatable bonds is 2. The number of hydrogen-bond acceptors (Lipinski definition) is 2. The number of fused-ring (bicyclic) bond motifs is 1. The Labute approximate surface area is 84.2 Å². The molecule has 2 rings (SSSR count). The maximum absolute atomic E-state index is 3.31. The van der Waals surface area contributed by atoms with Crippen LogP contribution in [-0.4, -0.2) is 13.6 Å². The molecule has 1 nitrogen and oxygen atoms in total. The van der Waals surface area contributed by atoms with E-state index in [1.54, 1.807) is 10.4 Å². The Balaban J connectivity index is 2.25. The van der Waals surface area contributed by atoms with E-state index in [2.05, 4.69) is 30.7 Å². The van der Waals surface area contributed by atoms with E-state index in [1.165, 1.54) is 12.8 Å². The van der Waals surface area contributed by atoms with E-state index in [0.717, 1.165) is 18.4 Å².